The molecule has 0 radical (unpaired) electrons. The Labute approximate surface area is 209 Å². The number of amidine groups is 1. The maximum absolute atomic E-state index is 13.9. The van der Waals surface area contributed by atoms with E-state index in [1.165, 1.54) is 12.1 Å². The number of methoxy groups -OCH3 is 1. The molecule has 2 aromatic rings. The van der Waals surface area contributed by atoms with Gasteiger partial charge in [0, 0.05) is 37.2 Å². The molecule has 6 nitrogen and oxygen atoms in total. The van der Waals surface area contributed by atoms with Crippen LogP contribution in [0, 0.1) is 12.7 Å². The quantitative estimate of drug-likeness (QED) is 0.509. The highest BCUT2D eigenvalue weighted by Gasteiger charge is 2.28. The van der Waals surface area contributed by atoms with Crippen LogP contribution in [0.1, 0.15) is 43.0 Å². The van der Waals surface area contributed by atoms with Gasteiger partial charge in [-0.2, -0.15) is 0 Å². The molecule has 1 aromatic carbocycles. The second-order valence-corrected chi connectivity index (χ2v) is 9.39. The largest absolute Gasteiger partial charge is 0.495 e. The number of hydrogen-bond donors (Lipinski definition) is 0. The lowest BCUT2D eigenvalue weighted by Crippen LogP contribution is -2.37. The van der Waals surface area contributed by atoms with Gasteiger partial charge in [0.2, 0.25) is 0 Å². The molecule has 1 aromatic heterocycles. The van der Waals surface area contributed by atoms with Crippen LogP contribution in [0.4, 0.5) is 4.39 Å². The number of nitrogens with zero attached hydrogens (tertiary/aromatic N) is 4. The average Bonchev–Trinajstić information content (AvgIpc) is 3.03. The molecular formula is C27H28ClFN4O2. The van der Waals surface area contributed by atoms with Crippen LogP contribution < -0.4 is 0 Å². The molecule has 8 heteroatoms. The predicted octanol–water partition coefficient (Wildman–Crippen LogP) is 6.18. The fraction of sp³-hybridized carbons (Fsp3) is 0.333. The van der Waals surface area contributed by atoms with Gasteiger partial charge in [-0.15, -0.1) is 0 Å². The van der Waals surface area contributed by atoms with Crippen molar-refractivity contribution in [1.82, 2.24) is 14.5 Å². The number of ether oxygens (including phenoxy) is 1. The summed E-state index contributed by atoms with van der Waals surface area (Å²) < 4.78 is 21.7. The Hall–Kier alpha value is -3.32. The zero-order valence-electron chi connectivity index (χ0n) is 19.9. The zero-order chi connectivity index (χ0) is 24.4. The SMILES string of the molecule is COC1=C(n2cnc(C)c2)CC=CC(/C=C2\CCCN3CC[C@H](c4cc(F)cc(Cl)c4)ON=C23)=C1. The molecule has 1 fully saturated rings. The van der Waals surface area contributed by atoms with Crippen LogP contribution in [0.5, 0.6) is 0 Å². The molecule has 182 valence electrons. The summed E-state index contributed by atoms with van der Waals surface area (Å²) in [7, 11) is 1.69. The topological polar surface area (TPSA) is 51.9 Å². The number of oxime groups is 1. The summed E-state index contributed by atoms with van der Waals surface area (Å²) in [5.41, 5.74) is 4.85. The van der Waals surface area contributed by atoms with Crippen LogP contribution in [-0.4, -0.2) is 40.5 Å². The van der Waals surface area contributed by atoms with Gasteiger partial charge in [-0.25, -0.2) is 9.37 Å². The first-order valence-electron chi connectivity index (χ1n) is 11.8. The summed E-state index contributed by atoms with van der Waals surface area (Å²) in [6.45, 7) is 3.66. The number of piperidine rings is 1. The summed E-state index contributed by atoms with van der Waals surface area (Å²) in [6, 6.07) is 4.51. The maximum Gasteiger partial charge on any atom is 0.171 e. The minimum atomic E-state index is -0.370. The molecule has 0 unspecified atom stereocenters. The van der Waals surface area contributed by atoms with Crippen LogP contribution in [0.15, 0.2) is 77.1 Å². The van der Waals surface area contributed by atoms with Gasteiger partial charge in [0.1, 0.15) is 11.6 Å². The molecule has 1 aliphatic carbocycles. The lowest BCUT2D eigenvalue weighted by molar-refractivity contribution is 0.0574. The van der Waals surface area contributed by atoms with Crippen molar-refractivity contribution in [2.24, 2.45) is 5.16 Å². The lowest BCUT2D eigenvalue weighted by atomic mass is 9.99. The van der Waals surface area contributed by atoms with Crippen molar-refractivity contribution in [2.45, 2.75) is 38.7 Å². The number of fused-ring (bicyclic) bond motifs is 1. The van der Waals surface area contributed by atoms with Crippen molar-refractivity contribution in [1.29, 1.82) is 0 Å². The van der Waals surface area contributed by atoms with Crippen molar-refractivity contribution in [2.75, 3.05) is 20.2 Å². The van der Waals surface area contributed by atoms with E-state index in [0.717, 1.165) is 66.5 Å². The van der Waals surface area contributed by atoms with Crippen molar-refractivity contribution < 1.29 is 14.0 Å². The normalized spacial score (nSPS) is 21.7. The van der Waals surface area contributed by atoms with Gasteiger partial charge in [-0.3, -0.25) is 0 Å². The average molecular weight is 495 g/mol. The molecule has 3 aliphatic rings. The molecule has 3 heterocycles. The molecule has 5 rings (SSSR count). The van der Waals surface area contributed by atoms with E-state index < -0.39 is 0 Å². The Bertz CT molecular complexity index is 1250. The highest BCUT2D eigenvalue weighted by molar-refractivity contribution is 6.30. The van der Waals surface area contributed by atoms with Gasteiger partial charge in [-0.1, -0.05) is 28.9 Å². The first kappa shape index (κ1) is 23.4. The first-order chi connectivity index (χ1) is 17.0. The maximum atomic E-state index is 13.9. The third-order valence-electron chi connectivity index (χ3n) is 6.43. The molecule has 2 aliphatic heterocycles. The molecule has 1 atom stereocenters. The van der Waals surface area contributed by atoms with Crippen LogP contribution in [-0.2, 0) is 9.57 Å². The van der Waals surface area contributed by atoms with Crippen LogP contribution >= 0.6 is 11.6 Å². The number of aromatic nitrogens is 2. The second kappa shape index (κ2) is 10.1. The second-order valence-electron chi connectivity index (χ2n) is 8.95. The van der Waals surface area contributed by atoms with E-state index >= 15 is 0 Å². The Morgan fingerprint density at radius 1 is 1.26 bits per heavy atom. The molecule has 0 saturated carbocycles. The lowest BCUT2D eigenvalue weighted by Gasteiger charge is -2.30. The molecule has 0 bridgehead atoms. The fourth-order valence-corrected chi connectivity index (χ4v) is 4.97. The highest BCUT2D eigenvalue weighted by Crippen LogP contribution is 2.32. The van der Waals surface area contributed by atoms with E-state index in [-0.39, 0.29) is 11.9 Å². The smallest absolute Gasteiger partial charge is 0.171 e. The molecule has 0 amide bonds. The van der Waals surface area contributed by atoms with Gasteiger partial charge in [0.25, 0.3) is 0 Å². The van der Waals surface area contributed by atoms with Crippen molar-refractivity contribution in [3.05, 3.63) is 94.0 Å². The number of allylic oxidation sites excluding steroid dienone is 6. The Balaban J connectivity index is 1.44. The minimum absolute atomic E-state index is 0.344. The summed E-state index contributed by atoms with van der Waals surface area (Å²) >= 11 is 6.07. The fourth-order valence-electron chi connectivity index (χ4n) is 4.74. The van der Waals surface area contributed by atoms with Crippen LogP contribution in [0.2, 0.25) is 5.02 Å². The Kier molecular flexibility index (Phi) is 6.77. The van der Waals surface area contributed by atoms with Gasteiger partial charge in [-0.05, 0) is 66.8 Å². The minimum Gasteiger partial charge on any atom is -0.495 e. The van der Waals surface area contributed by atoms with Crippen LogP contribution in [0.25, 0.3) is 5.70 Å². The van der Waals surface area contributed by atoms with E-state index in [2.05, 4.69) is 39.3 Å². The summed E-state index contributed by atoms with van der Waals surface area (Å²) in [6.07, 6.45) is 15.3. The number of aryl methyl sites for hydroxylation is 1. The monoisotopic (exact) mass is 494 g/mol. The summed E-state index contributed by atoms with van der Waals surface area (Å²) in [5.74, 6) is 1.27. The number of benzene rings is 1. The highest BCUT2D eigenvalue weighted by atomic mass is 35.5. The molecule has 0 spiro atoms. The van der Waals surface area contributed by atoms with E-state index in [0.29, 0.717) is 17.0 Å². The van der Waals surface area contributed by atoms with Gasteiger partial charge in [0.05, 0.1) is 24.8 Å². The molecule has 0 N–H and O–H groups in total. The van der Waals surface area contributed by atoms with E-state index in [9.17, 15) is 4.39 Å². The third-order valence-corrected chi connectivity index (χ3v) is 6.65. The number of rotatable bonds is 4. The predicted molar refractivity (Wildman–Crippen MR) is 135 cm³/mol. The third kappa shape index (κ3) is 5.20. The van der Waals surface area contributed by atoms with E-state index in [1.54, 1.807) is 13.2 Å². The van der Waals surface area contributed by atoms with Crippen molar-refractivity contribution in [3.8, 4) is 0 Å². The van der Waals surface area contributed by atoms with Gasteiger partial charge in [0.15, 0.2) is 11.9 Å². The molecular weight excluding hydrogens is 467 g/mol. The van der Waals surface area contributed by atoms with Gasteiger partial charge >= 0.3 is 0 Å². The van der Waals surface area contributed by atoms with Crippen molar-refractivity contribution in [3.63, 3.8) is 0 Å². The summed E-state index contributed by atoms with van der Waals surface area (Å²) in [4.78, 5) is 12.5. The number of hydrogen-bond acceptors (Lipinski definition) is 5. The Morgan fingerprint density at radius 3 is 2.91 bits per heavy atom. The van der Waals surface area contributed by atoms with Crippen LogP contribution in [0.3, 0.4) is 0 Å². The standard InChI is InChI=1S/C27H28ClFN4O2/c1-18-16-33(17-30-18)24-7-3-5-19(12-26(24)34-2)11-20-6-4-9-32-10-8-25(35-31-27(20)32)21-13-22(28)15-23(29)14-21/h3,5,11-17,25H,4,6-10H2,1-2H3/b20-11+/t25-/m1/s1. The Morgan fingerprint density at radius 2 is 2.14 bits per heavy atom. The zero-order valence-corrected chi connectivity index (χ0v) is 20.6. The molecule has 35 heavy (non-hydrogen) atoms. The van der Waals surface area contributed by atoms with E-state index in [4.69, 9.17) is 21.2 Å². The van der Waals surface area contributed by atoms with Crippen molar-refractivity contribution >= 4 is 23.1 Å². The van der Waals surface area contributed by atoms with Gasteiger partial charge < -0.3 is 19.0 Å². The summed E-state index contributed by atoms with van der Waals surface area (Å²) in [5, 5.41) is 4.90. The number of imidazole rings is 1. The first-order valence-corrected chi connectivity index (χ1v) is 12.2. The van der Waals surface area contributed by atoms with E-state index in [1.807, 2.05) is 24.0 Å². The molecule has 1 saturated heterocycles. The number of halogens is 2.